The Morgan fingerprint density at radius 3 is 3.00 bits per heavy atom. The van der Waals surface area contributed by atoms with Crippen LogP contribution in [0.1, 0.15) is 18.9 Å². The second-order valence-electron chi connectivity index (χ2n) is 4.76. The summed E-state index contributed by atoms with van der Waals surface area (Å²) in [6.07, 6.45) is 1.17. The van der Waals surface area contributed by atoms with Crippen LogP contribution in [-0.4, -0.2) is 26.4 Å². The lowest BCUT2D eigenvalue weighted by Crippen LogP contribution is -2.33. The van der Waals surface area contributed by atoms with Crippen molar-refractivity contribution in [1.82, 2.24) is 5.32 Å². The topological polar surface area (TPSA) is 30.5 Å². The number of hydrogen-bond donors (Lipinski definition) is 1. The van der Waals surface area contributed by atoms with Gasteiger partial charge in [-0.3, -0.25) is 0 Å². The van der Waals surface area contributed by atoms with Gasteiger partial charge in [-0.1, -0.05) is 6.07 Å². The van der Waals surface area contributed by atoms with E-state index in [1.165, 1.54) is 12.0 Å². The van der Waals surface area contributed by atoms with Crippen molar-refractivity contribution in [1.29, 1.82) is 0 Å². The van der Waals surface area contributed by atoms with Gasteiger partial charge in [-0.15, -0.1) is 0 Å². The van der Waals surface area contributed by atoms with Crippen LogP contribution in [0.3, 0.4) is 0 Å². The van der Waals surface area contributed by atoms with Gasteiger partial charge in [0.25, 0.3) is 0 Å². The smallest absolute Gasteiger partial charge is 0.133 e. The Kier molecular flexibility index (Phi) is 5.03. The van der Waals surface area contributed by atoms with Crippen LogP contribution in [-0.2, 0) is 11.3 Å². The van der Waals surface area contributed by atoms with Gasteiger partial charge in [0.1, 0.15) is 5.75 Å². The minimum atomic E-state index is 0.494. The van der Waals surface area contributed by atoms with E-state index in [0.717, 1.165) is 30.0 Å². The second-order valence-corrected chi connectivity index (χ2v) is 5.62. The summed E-state index contributed by atoms with van der Waals surface area (Å²) in [6, 6.07) is 6.68. The van der Waals surface area contributed by atoms with Gasteiger partial charge in [0.05, 0.1) is 18.2 Å². The summed E-state index contributed by atoms with van der Waals surface area (Å²) in [4.78, 5) is 0. The first-order valence-corrected chi connectivity index (χ1v) is 7.13. The number of methoxy groups -OCH3 is 1. The summed E-state index contributed by atoms with van der Waals surface area (Å²) in [5, 5.41) is 3.56. The van der Waals surface area contributed by atoms with Gasteiger partial charge in [-0.2, -0.15) is 0 Å². The summed E-state index contributed by atoms with van der Waals surface area (Å²) in [5.41, 5.74) is 1.26. The Labute approximate surface area is 117 Å². The summed E-state index contributed by atoms with van der Waals surface area (Å²) >= 11 is 3.51. The molecule has 2 unspecified atom stereocenters. The van der Waals surface area contributed by atoms with Crippen molar-refractivity contribution in [2.75, 3.05) is 20.3 Å². The molecule has 0 radical (unpaired) electrons. The lowest BCUT2D eigenvalue weighted by atomic mass is 10.0. The van der Waals surface area contributed by atoms with Gasteiger partial charge in [-0.05, 0) is 52.9 Å². The molecule has 0 aromatic heterocycles. The van der Waals surface area contributed by atoms with E-state index in [2.05, 4.69) is 40.3 Å². The quantitative estimate of drug-likeness (QED) is 0.906. The molecule has 0 bridgehead atoms. The minimum absolute atomic E-state index is 0.494. The van der Waals surface area contributed by atoms with Crippen molar-refractivity contribution in [2.24, 2.45) is 5.92 Å². The third-order valence-electron chi connectivity index (χ3n) is 3.52. The molecule has 3 nitrogen and oxygen atoms in total. The lowest BCUT2D eigenvalue weighted by Gasteiger charge is -2.19. The van der Waals surface area contributed by atoms with Crippen molar-refractivity contribution in [3.05, 3.63) is 28.2 Å². The zero-order valence-corrected chi connectivity index (χ0v) is 12.5. The normalized spacial score (nSPS) is 20.9. The molecule has 1 aliphatic rings. The maximum Gasteiger partial charge on any atom is 0.133 e. The molecule has 4 heteroatoms. The van der Waals surface area contributed by atoms with Crippen LogP contribution in [0.4, 0.5) is 0 Å². The van der Waals surface area contributed by atoms with Gasteiger partial charge in [-0.25, -0.2) is 0 Å². The summed E-state index contributed by atoms with van der Waals surface area (Å²) < 4.78 is 11.6. The van der Waals surface area contributed by atoms with E-state index in [1.807, 2.05) is 6.07 Å². The number of benzene rings is 1. The van der Waals surface area contributed by atoms with Crippen LogP contribution in [0.25, 0.3) is 0 Å². The molecule has 1 aromatic rings. The van der Waals surface area contributed by atoms with Crippen LogP contribution in [0.5, 0.6) is 5.75 Å². The van der Waals surface area contributed by atoms with E-state index in [-0.39, 0.29) is 0 Å². The van der Waals surface area contributed by atoms with Crippen molar-refractivity contribution in [3.8, 4) is 5.75 Å². The molecule has 1 heterocycles. The van der Waals surface area contributed by atoms with Crippen molar-refractivity contribution in [2.45, 2.75) is 25.9 Å². The summed E-state index contributed by atoms with van der Waals surface area (Å²) in [5.74, 6) is 1.52. The Balaban J connectivity index is 1.87. The predicted octanol–water partition coefficient (Wildman–Crippen LogP) is 2.97. The van der Waals surface area contributed by atoms with E-state index < -0.39 is 0 Å². The van der Waals surface area contributed by atoms with Gasteiger partial charge in [0, 0.05) is 19.2 Å². The Hall–Kier alpha value is -0.580. The van der Waals surface area contributed by atoms with Gasteiger partial charge < -0.3 is 14.8 Å². The number of hydrogen-bond acceptors (Lipinski definition) is 3. The molecule has 100 valence electrons. The van der Waals surface area contributed by atoms with Crippen LogP contribution in [0.15, 0.2) is 22.7 Å². The minimum Gasteiger partial charge on any atom is -0.496 e. The summed E-state index contributed by atoms with van der Waals surface area (Å²) in [7, 11) is 1.68. The molecule has 1 N–H and O–H groups in total. The van der Waals surface area contributed by atoms with Crippen LogP contribution < -0.4 is 10.1 Å². The molecule has 1 aromatic carbocycles. The maximum atomic E-state index is 5.42. The molecule has 1 fully saturated rings. The Morgan fingerprint density at radius 1 is 1.56 bits per heavy atom. The average molecular weight is 314 g/mol. The average Bonchev–Trinajstić information content (AvgIpc) is 2.90. The van der Waals surface area contributed by atoms with E-state index in [1.54, 1.807) is 7.11 Å². The standard InChI is InChI=1S/C14H20BrNO2/c1-10(12-5-6-18-9-12)16-8-11-3-4-14(17-2)13(15)7-11/h3-4,7,10,12,16H,5-6,8-9H2,1-2H3. The number of rotatable bonds is 5. The highest BCUT2D eigenvalue weighted by molar-refractivity contribution is 9.10. The fourth-order valence-electron chi connectivity index (χ4n) is 2.21. The molecule has 2 rings (SSSR count). The second kappa shape index (κ2) is 6.55. The molecule has 2 atom stereocenters. The molecule has 1 aliphatic heterocycles. The molecular formula is C14H20BrNO2. The fraction of sp³-hybridized carbons (Fsp3) is 0.571. The molecule has 0 spiro atoms. The highest BCUT2D eigenvalue weighted by atomic mass is 79.9. The highest BCUT2D eigenvalue weighted by Gasteiger charge is 2.21. The molecular weight excluding hydrogens is 294 g/mol. The largest absolute Gasteiger partial charge is 0.496 e. The first-order valence-electron chi connectivity index (χ1n) is 6.34. The third-order valence-corrected chi connectivity index (χ3v) is 4.14. The first-order chi connectivity index (χ1) is 8.70. The number of nitrogens with one attached hydrogen (secondary N) is 1. The van der Waals surface area contributed by atoms with Gasteiger partial charge in [0.15, 0.2) is 0 Å². The van der Waals surface area contributed by atoms with Gasteiger partial charge >= 0.3 is 0 Å². The van der Waals surface area contributed by atoms with E-state index in [9.17, 15) is 0 Å². The molecule has 0 saturated carbocycles. The zero-order chi connectivity index (χ0) is 13.0. The zero-order valence-electron chi connectivity index (χ0n) is 10.9. The molecule has 0 aliphatic carbocycles. The highest BCUT2D eigenvalue weighted by Crippen LogP contribution is 2.25. The van der Waals surface area contributed by atoms with Crippen LogP contribution in [0, 0.1) is 5.92 Å². The monoisotopic (exact) mass is 313 g/mol. The van der Waals surface area contributed by atoms with Gasteiger partial charge in [0.2, 0.25) is 0 Å². The first kappa shape index (κ1) is 13.8. The lowest BCUT2D eigenvalue weighted by molar-refractivity contribution is 0.178. The fourth-order valence-corrected chi connectivity index (χ4v) is 2.80. The van der Waals surface area contributed by atoms with E-state index in [0.29, 0.717) is 12.0 Å². The predicted molar refractivity (Wildman–Crippen MR) is 75.9 cm³/mol. The van der Waals surface area contributed by atoms with Crippen LogP contribution in [0.2, 0.25) is 0 Å². The molecule has 18 heavy (non-hydrogen) atoms. The number of halogens is 1. The van der Waals surface area contributed by atoms with E-state index >= 15 is 0 Å². The van der Waals surface area contributed by atoms with Crippen molar-refractivity contribution in [3.63, 3.8) is 0 Å². The molecule has 1 saturated heterocycles. The number of ether oxygens (including phenoxy) is 2. The summed E-state index contributed by atoms with van der Waals surface area (Å²) in [6.45, 7) is 4.91. The van der Waals surface area contributed by atoms with Crippen LogP contribution >= 0.6 is 15.9 Å². The Morgan fingerprint density at radius 2 is 2.39 bits per heavy atom. The maximum absolute atomic E-state index is 5.42. The third kappa shape index (κ3) is 3.46. The Bertz CT molecular complexity index is 391. The van der Waals surface area contributed by atoms with Crippen molar-refractivity contribution >= 4 is 15.9 Å². The van der Waals surface area contributed by atoms with E-state index in [4.69, 9.17) is 9.47 Å². The van der Waals surface area contributed by atoms with Crippen molar-refractivity contribution < 1.29 is 9.47 Å². The SMILES string of the molecule is COc1ccc(CNC(C)C2CCOC2)cc1Br. The molecule has 0 amide bonds.